The Labute approximate surface area is 725 Å². The summed E-state index contributed by atoms with van der Waals surface area (Å²) >= 11 is 0. The third-order valence-corrected chi connectivity index (χ3v) is 28.0. The van der Waals surface area contributed by atoms with Crippen molar-refractivity contribution < 1.29 is 165 Å². The number of imidazole rings is 4. The van der Waals surface area contributed by atoms with Crippen LogP contribution in [0.3, 0.4) is 0 Å². The summed E-state index contributed by atoms with van der Waals surface area (Å²) in [5.74, 6) is 0. The number of rotatable bonds is 6. The average molecular weight is 1960 g/mol. The molecule has 8 unspecified atom stereocenters. The molecular formula is C64H73N23O38P6. The molecule has 0 aliphatic carbocycles. The van der Waals surface area contributed by atoms with E-state index in [2.05, 4.69) is 70.0 Å². The van der Waals surface area contributed by atoms with Crippen molar-refractivity contribution in [1.29, 1.82) is 0 Å². The molecule has 20 N–H and O–H groups in total. The van der Waals surface area contributed by atoms with Gasteiger partial charge in [0.15, 0.2) is 59.2 Å². The molecule has 702 valence electrons. The van der Waals surface area contributed by atoms with Gasteiger partial charge in [-0.2, -0.15) is 10.2 Å². The minimum Gasteiger partial charge on any atom is -0.398 e. The van der Waals surface area contributed by atoms with Gasteiger partial charge in [0.2, 0.25) is 5.65 Å². The summed E-state index contributed by atoms with van der Waals surface area (Å²) in [6.45, 7) is -4.40. The molecule has 21 rings (SSSR count). The number of aromatic nitrogens is 20. The molecule has 6 bridgehead atoms. The molecule has 9 aliphatic rings. The Hall–Kier alpha value is -9.40. The van der Waals surface area contributed by atoms with Crippen molar-refractivity contribution in [3.05, 3.63) is 136 Å². The van der Waals surface area contributed by atoms with Crippen LogP contribution < -0.4 is 33.9 Å². The lowest BCUT2D eigenvalue weighted by Crippen LogP contribution is -2.36. The van der Waals surface area contributed by atoms with Crippen LogP contribution in [0.25, 0.3) is 61.2 Å². The van der Waals surface area contributed by atoms with Gasteiger partial charge < -0.3 is 120 Å². The Morgan fingerprint density at radius 3 is 1.36 bits per heavy atom. The zero-order valence-electron chi connectivity index (χ0n) is 65.9. The first-order valence-electron chi connectivity index (χ1n) is 38.7. The fraction of sp³-hybridized carbons (Fsp3) is 0.469. The predicted molar refractivity (Wildman–Crippen MR) is 424 cm³/mol. The fourth-order valence-corrected chi connectivity index (χ4v) is 21.8. The maximum absolute atomic E-state index is 13.2. The van der Waals surface area contributed by atoms with E-state index in [-0.39, 0.29) is 56.9 Å². The van der Waals surface area contributed by atoms with E-state index in [1.165, 1.54) is 74.2 Å². The second kappa shape index (κ2) is 34.8. The second-order valence-electron chi connectivity index (χ2n) is 30.2. The summed E-state index contributed by atoms with van der Waals surface area (Å²) in [6.07, 6.45) is -18.5. The van der Waals surface area contributed by atoms with Crippen molar-refractivity contribution in [2.24, 2.45) is 0 Å². The number of nitrogens with one attached hydrogen (secondary N) is 3. The topological polar surface area (TPSA) is 839 Å². The smallest absolute Gasteiger partial charge is 0.398 e. The minimum absolute atomic E-state index is 0.0125. The maximum Gasteiger partial charge on any atom is 0.472 e. The van der Waals surface area contributed by atoms with E-state index in [1.807, 2.05) is 0 Å². The van der Waals surface area contributed by atoms with Crippen LogP contribution in [-0.2, 0) is 110 Å². The highest BCUT2D eigenvalue weighted by molar-refractivity contribution is 7.48. The number of aliphatic hydroxyl groups is 5. The quantitative estimate of drug-likeness (QED) is 0.0767. The summed E-state index contributed by atoms with van der Waals surface area (Å²) in [7, 11) is -30.0. The number of aliphatic hydroxyl groups excluding tert-OH is 5. The van der Waals surface area contributed by atoms with Gasteiger partial charge in [0.1, 0.15) is 132 Å². The van der Waals surface area contributed by atoms with Crippen LogP contribution in [-0.4, -0.2) is 296 Å². The van der Waals surface area contributed by atoms with Gasteiger partial charge in [-0.05, 0) is 24.3 Å². The lowest BCUT2D eigenvalue weighted by Gasteiger charge is -2.25. The number of nitrogens with two attached hydrogens (primary N) is 3. The number of nitrogen functional groups attached to an aromatic ring is 3. The van der Waals surface area contributed by atoms with Crippen LogP contribution in [0, 0.1) is 0 Å². The highest BCUT2D eigenvalue weighted by Gasteiger charge is 2.59. The number of fused-ring (bicyclic) bond motifs is 15. The Bertz CT molecular complexity index is 6610. The van der Waals surface area contributed by atoms with Gasteiger partial charge in [0.25, 0.3) is 16.7 Å². The zero-order chi connectivity index (χ0) is 92.0. The van der Waals surface area contributed by atoms with Crippen LogP contribution >= 0.6 is 46.9 Å². The molecule has 0 saturated carbocycles. The van der Waals surface area contributed by atoms with Gasteiger partial charge in [-0.3, -0.25) is 82.4 Å². The van der Waals surface area contributed by atoms with Gasteiger partial charge in [0.05, 0.1) is 107 Å². The monoisotopic (exact) mass is 1960 g/mol. The number of phosphoric acid groups is 6. The zero-order valence-corrected chi connectivity index (χ0v) is 71.3. The highest BCUT2D eigenvalue weighted by atomic mass is 31.2. The number of aromatic amines is 3. The second-order valence-corrected chi connectivity index (χ2v) is 38.7. The van der Waals surface area contributed by atoms with E-state index in [0.29, 0.717) is 33.4 Å². The first-order chi connectivity index (χ1) is 62.3. The molecular weight excluding hydrogens is 1880 g/mol. The Kier molecular flexibility index (Phi) is 24.1. The van der Waals surface area contributed by atoms with Crippen molar-refractivity contribution in [3.8, 4) is 0 Å². The van der Waals surface area contributed by atoms with Gasteiger partial charge >= 0.3 is 46.9 Å². The third kappa shape index (κ3) is 17.6. The van der Waals surface area contributed by atoms with E-state index in [0.717, 1.165) is 34.4 Å². The summed E-state index contributed by atoms with van der Waals surface area (Å²) < 4.78 is 184. The first kappa shape index (κ1) is 90.8. The van der Waals surface area contributed by atoms with Crippen molar-refractivity contribution in [2.45, 2.75) is 147 Å². The SMILES string of the molecule is Nc1ccnc2c1ccn2[C@@H]1OC2COP(=O)(O)O[C@@H]3CC(COP(=O)(O)O[C@H]2[C@H]1O)O[C@H]3n1cnc2c(=O)[nH]cnc21.Nc1ccnc2c1ncn2[C@@H]1O[C@@H]2COP(=O)(O)O[C@@H]3[C@H](O)[C@@H](COP(=O)(O)O[C@H]2[C@H]1O)O[C@H]3c1cnc2c(=O)[nH]cnn12.Nc1ccnc2c1ncn2[C@@H]1O[C@@H]2COP(=O)(O)O[C@@H]3[C@H](O)[C@@H](COP(=O)(O)O[C@H]2[C@H]1O)O[C@H]3n1ncc2c(=O)[nH]cnc21. The molecule has 9 aliphatic heterocycles. The summed E-state index contributed by atoms with van der Waals surface area (Å²) in [4.78, 5) is 144. The Balaban J connectivity index is 0.000000127. The molecule has 0 radical (unpaired) electrons. The molecule has 0 spiro atoms. The van der Waals surface area contributed by atoms with E-state index < -0.39 is 244 Å². The Morgan fingerprint density at radius 1 is 0.359 bits per heavy atom. The molecule has 9 fully saturated rings. The highest BCUT2D eigenvalue weighted by Crippen LogP contribution is 2.59. The van der Waals surface area contributed by atoms with E-state index >= 15 is 0 Å². The molecule has 0 amide bonds. The van der Waals surface area contributed by atoms with Crippen molar-refractivity contribution >= 4 is 125 Å². The molecule has 29 atom stereocenters. The van der Waals surface area contributed by atoms with Crippen molar-refractivity contribution in [1.82, 2.24) is 97.5 Å². The fourth-order valence-electron chi connectivity index (χ4n) is 16.1. The normalized spacial score (nSPS) is 37.9. The molecule has 0 aromatic carbocycles. The number of phosphoric ester groups is 6. The average Bonchev–Trinajstić information content (AvgIpc) is 1.57. The number of hydrogen-bond donors (Lipinski definition) is 17. The lowest BCUT2D eigenvalue weighted by atomic mass is 10.1. The number of H-pyrrole nitrogens is 3. The summed E-state index contributed by atoms with van der Waals surface area (Å²) in [6, 6.07) is 6.27. The van der Waals surface area contributed by atoms with Crippen LogP contribution in [0.4, 0.5) is 17.1 Å². The number of ether oxygens (including phenoxy) is 6. The molecule has 12 aromatic heterocycles. The van der Waals surface area contributed by atoms with Crippen LogP contribution in [0.1, 0.15) is 49.4 Å². The van der Waals surface area contributed by atoms with Crippen LogP contribution in [0.15, 0.2) is 114 Å². The number of hydrogen-bond acceptors (Lipinski definition) is 46. The molecule has 61 nitrogen and oxygen atoms in total. The number of nitrogens with zero attached hydrogens (tertiary/aromatic N) is 17. The summed E-state index contributed by atoms with van der Waals surface area (Å²) in [5, 5.41) is 64.0. The maximum atomic E-state index is 13.2. The van der Waals surface area contributed by atoms with Crippen LogP contribution in [0.5, 0.6) is 0 Å². The lowest BCUT2D eigenvalue weighted by molar-refractivity contribution is -0.0703. The Morgan fingerprint density at radius 2 is 0.794 bits per heavy atom. The minimum atomic E-state index is -5.08. The van der Waals surface area contributed by atoms with Gasteiger partial charge in [-0.1, -0.05) is 0 Å². The number of anilines is 3. The summed E-state index contributed by atoms with van der Waals surface area (Å²) in [5.41, 5.74) is 18.6. The molecule has 21 heterocycles. The standard InChI is InChI=1S/C22H25N7O12P2.2C21H24N8O13P2/c23-12-1-3-24-18-11(12)2-4-28(18)22-16(30)17-14(39-22)7-37-42(32,33)40-13-5-10(6-36-43(34,35)41-17)38-21(13)29-9-27-15-19(29)25-8-26-20(15)31;22-9-1-2-23-18-12(9)26-7-28(18)20-14(31)15-11(40-20)5-38-44(35,36)42-16-13(30)10(4-37-43(33,34)41-15)39-21(16)29-17-8(3-27-29)19(32)25-6-24-17;22-8-1-2-23-18-12(8)26-7-28(18)21-14(31)16-11(40-21)5-38-44(35,36)42-17-13(30)10(4-37-43(33,34)41-16)39-15(17)9-3-24-19-20(32)25-6-27-29(9)19/h1-4,8-10,13-14,16-17,21-22,30H,5-7H2,(H2,23,24)(H,32,33)(H,34,35)(H,25,26,31);1-3,6-7,10-11,13-16,20-21,30-31H,4-5H2,(H2,22,23)(H,33,34)(H,35,36)(H,24,25,32);1-3,6-7,10-11,13-17,21,30-31H,4-5H2,(H2,22,23)(H,33,34)(H,35,36)(H,25,27,32)/t10?,13-,14?,16-,17-,21-,22-;10-,11-,13-,14-,15-,16-,20-,21-;10-,11-,13-,14-,15+,16-,17-,21-/m111/s1. The molecule has 12 aromatic rings. The van der Waals surface area contributed by atoms with E-state index in [1.54, 1.807) is 18.3 Å². The predicted octanol–water partition coefficient (Wildman–Crippen LogP) is -2.48. The van der Waals surface area contributed by atoms with Gasteiger partial charge in [-0.25, -0.2) is 81.4 Å². The largest absolute Gasteiger partial charge is 0.472 e. The molecule has 131 heavy (non-hydrogen) atoms. The van der Waals surface area contributed by atoms with Crippen molar-refractivity contribution in [3.63, 3.8) is 0 Å². The van der Waals surface area contributed by atoms with Crippen molar-refractivity contribution in [2.75, 3.05) is 56.8 Å². The molecule has 67 heteroatoms. The number of pyridine rings is 3. The van der Waals surface area contributed by atoms with Gasteiger partial charge in [-0.15, -0.1) is 0 Å². The molecule has 9 saturated heterocycles. The van der Waals surface area contributed by atoms with Gasteiger partial charge in [0, 0.05) is 42.3 Å². The third-order valence-electron chi connectivity index (χ3n) is 22.1. The van der Waals surface area contributed by atoms with E-state index in [9.17, 15) is 96.7 Å². The van der Waals surface area contributed by atoms with Crippen LogP contribution in [0.2, 0.25) is 0 Å². The first-order valence-corrected chi connectivity index (χ1v) is 47.7. The van der Waals surface area contributed by atoms with E-state index in [4.69, 9.17) is 99.9 Å².